The highest BCUT2D eigenvalue weighted by Crippen LogP contribution is 2.17. The summed E-state index contributed by atoms with van der Waals surface area (Å²) in [6.45, 7) is 0. The molecule has 0 aliphatic rings. The highest BCUT2D eigenvalue weighted by Gasteiger charge is 2.08. The standard InChI is InChI=1S/C20H15FN4O/c21-18-7-2-1-5-15(18)11-20(26)25-17-8-9-19(23-13-17)24-16-6-3-4-14(10-16)12-22/h1-10,13H,11H2,(H,23,24)(H,25,26). The van der Waals surface area contributed by atoms with E-state index in [2.05, 4.69) is 21.7 Å². The van der Waals surface area contributed by atoms with E-state index >= 15 is 0 Å². The van der Waals surface area contributed by atoms with Gasteiger partial charge in [-0.05, 0) is 42.0 Å². The third-order valence-corrected chi connectivity index (χ3v) is 3.62. The fourth-order valence-corrected chi connectivity index (χ4v) is 2.38. The van der Waals surface area contributed by atoms with Gasteiger partial charge in [0, 0.05) is 5.69 Å². The SMILES string of the molecule is N#Cc1cccc(Nc2ccc(NC(=O)Cc3ccccc3F)cn2)c1. The molecule has 128 valence electrons. The minimum absolute atomic E-state index is 0.0480. The van der Waals surface area contributed by atoms with Gasteiger partial charge in [-0.3, -0.25) is 4.79 Å². The van der Waals surface area contributed by atoms with Gasteiger partial charge >= 0.3 is 0 Å². The number of nitrogens with zero attached hydrogens (tertiary/aromatic N) is 2. The summed E-state index contributed by atoms with van der Waals surface area (Å²) in [5.41, 5.74) is 2.15. The first-order valence-corrected chi connectivity index (χ1v) is 7.90. The molecule has 2 aromatic carbocycles. The molecule has 3 aromatic rings. The number of benzene rings is 2. The Morgan fingerprint density at radius 2 is 1.92 bits per heavy atom. The zero-order chi connectivity index (χ0) is 18.4. The van der Waals surface area contributed by atoms with E-state index in [-0.39, 0.29) is 12.3 Å². The zero-order valence-electron chi connectivity index (χ0n) is 13.7. The summed E-state index contributed by atoms with van der Waals surface area (Å²) >= 11 is 0. The number of anilines is 3. The maximum atomic E-state index is 13.6. The Bertz CT molecular complexity index is 964. The predicted octanol–water partition coefficient (Wildman–Crippen LogP) is 4.02. The molecule has 0 saturated carbocycles. The van der Waals surface area contributed by atoms with Crippen molar-refractivity contribution < 1.29 is 9.18 Å². The number of rotatable bonds is 5. The second kappa shape index (κ2) is 7.90. The number of halogens is 1. The van der Waals surface area contributed by atoms with E-state index in [1.807, 2.05) is 6.07 Å². The monoisotopic (exact) mass is 346 g/mol. The molecule has 5 nitrogen and oxygen atoms in total. The Balaban J connectivity index is 1.61. The second-order valence-corrected chi connectivity index (χ2v) is 5.57. The number of hydrogen-bond donors (Lipinski definition) is 2. The number of hydrogen-bond acceptors (Lipinski definition) is 4. The van der Waals surface area contributed by atoms with Gasteiger partial charge < -0.3 is 10.6 Å². The molecule has 0 atom stereocenters. The smallest absolute Gasteiger partial charge is 0.228 e. The Hall–Kier alpha value is -3.72. The van der Waals surface area contributed by atoms with Crippen LogP contribution in [0, 0.1) is 17.1 Å². The number of carbonyl (C=O) groups excluding carboxylic acids is 1. The number of carbonyl (C=O) groups is 1. The number of nitriles is 1. The Labute approximate surface area is 150 Å². The summed E-state index contributed by atoms with van der Waals surface area (Å²) in [5.74, 6) is -0.147. The molecular formula is C20H15FN4O. The van der Waals surface area contributed by atoms with Crippen molar-refractivity contribution in [2.24, 2.45) is 0 Å². The third-order valence-electron chi connectivity index (χ3n) is 3.62. The fourth-order valence-electron chi connectivity index (χ4n) is 2.38. The molecule has 1 amide bonds. The van der Waals surface area contributed by atoms with Crippen molar-refractivity contribution in [3.05, 3.63) is 83.8 Å². The Morgan fingerprint density at radius 1 is 1.08 bits per heavy atom. The average molecular weight is 346 g/mol. The summed E-state index contributed by atoms with van der Waals surface area (Å²) < 4.78 is 13.6. The molecule has 0 unspecified atom stereocenters. The molecule has 0 bridgehead atoms. The minimum atomic E-state index is -0.403. The summed E-state index contributed by atoms with van der Waals surface area (Å²) in [7, 11) is 0. The van der Waals surface area contributed by atoms with Gasteiger partial charge in [0.15, 0.2) is 0 Å². The minimum Gasteiger partial charge on any atom is -0.340 e. The van der Waals surface area contributed by atoms with Crippen molar-refractivity contribution in [3.63, 3.8) is 0 Å². The second-order valence-electron chi connectivity index (χ2n) is 5.57. The molecule has 1 aromatic heterocycles. The summed E-state index contributed by atoms with van der Waals surface area (Å²) in [6, 6.07) is 18.7. The average Bonchev–Trinajstić information content (AvgIpc) is 2.65. The molecule has 2 N–H and O–H groups in total. The lowest BCUT2D eigenvalue weighted by molar-refractivity contribution is -0.115. The van der Waals surface area contributed by atoms with E-state index < -0.39 is 5.82 Å². The predicted molar refractivity (Wildman–Crippen MR) is 97.4 cm³/mol. The van der Waals surface area contributed by atoms with Crippen molar-refractivity contribution >= 4 is 23.1 Å². The van der Waals surface area contributed by atoms with Crippen LogP contribution in [0.4, 0.5) is 21.6 Å². The molecule has 0 spiro atoms. The van der Waals surface area contributed by atoms with Crippen molar-refractivity contribution in [1.29, 1.82) is 5.26 Å². The van der Waals surface area contributed by atoms with E-state index in [1.165, 1.54) is 12.3 Å². The summed E-state index contributed by atoms with van der Waals surface area (Å²) in [6.07, 6.45) is 1.46. The van der Waals surface area contributed by atoms with Crippen LogP contribution in [0.15, 0.2) is 66.9 Å². The molecule has 1 heterocycles. The Kier molecular flexibility index (Phi) is 5.20. The molecule has 0 radical (unpaired) electrons. The van der Waals surface area contributed by atoms with Crippen LogP contribution in [0.5, 0.6) is 0 Å². The number of aromatic nitrogens is 1. The van der Waals surface area contributed by atoms with Crippen molar-refractivity contribution in [2.75, 3.05) is 10.6 Å². The first-order chi connectivity index (χ1) is 12.6. The lowest BCUT2D eigenvalue weighted by Gasteiger charge is -2.08. The molecule has 0 aliphatic carbocycles. The summed E-state index contributed by atoms with van der Waals surface area (Å²) in [5, 5.41) is 14.7. The Morgan fingerprint density at radius 3 is 2.65 bits per heavy atom. The van der Waals surface area contributed by atoms with E-state index in [4.69, 9.17) is 5.26 Å². The molecule has 26 heavy (non-hydrogen) atoms. The number of amides is 1. The molecule has 0 fully saturated rings. The maximum absolute atomic E-state index is 13.6. The van der Waals surface area contributed by atoms with Gasteiger partial charge in [0.05, 0.1) is 29.9 Å². The third kappa shape index (κ3) is 4.42. The fraction of sp³-hybridized carbons (Fsp3) is 0.0500. The van der Waals surface area contributed by atoms with Crippen LogP contribution in [-0.2, 0) is 11.2 Å². The van der Waals surface area contributed by atoms with Crippen LogP contribution in [0.3, 0.4) is 0 Å². The largest absolute Gasteiger partial charge is 0.340 e. The quantitative estimate of drug-likeness (QED) is 0.731. The topological polar surface area (TPSA) is 77.8 Å². The first-order valence-electron chi connectivity index (χ1n) is 7.90. The highest BCUT2D eigenvalue weighted by atomic mass is 19.1. The number of pyridine rings is 1. The molecule has 6 heteroatoms. The molecule has 0 saturated heterocycles. The van der Waals surface area contributed by atoms with Crippen molar-refractivity contribution in [1.82, 2.24) is 4.98 Å². The van der Waals surface area contributed by atoms with Crippen LogP contribution >= 0.6 is 0 Å². The van der Waals surface area contributed by atoms with Gasteiger partial charge in [0.2, 0.25) is 5.91 Å². The van der Waals surface area contributed by atoms with Gasteiger partial charge in [-0.25, -0.2) is 9.37 Å². The summed E-state index contributed by atoms with van der Waals surface area (Å²) in [4.78, 5) is 16.3. The van der Waals surface area contributed by atoms with Gasteiger partial charge in [-0.15, -0.1) is 0 Å². The van der Waals surface area contributed by atoms with Gasteiger partial charge in [0.1, 0.15) is 11.6 Å². The van der Waals surface area contributed by atoms with Gasteiger partial charge in [-0.1, -0.05) is 24.3 Å². The van der Waals surface area contributed by atoms with Crippen LogP contribution in [0.25, 0.3) is 0 Å². The van der Waals surface area contributed by atoms with Crippen LogP contribution < -0.4 is 10.6 Å². The molecule has 0 aliphatic heterocycles. The van der Waals surface area contributed by atoms with Crippen LogP contribution in [-0.4, -0.2) is 10.9 Å². The van der Waals surface area contributed by atoms with Crippen molar-refractivity contribution in [3.8, 4) is 6.07 Å². The molecule has 3 rings (SSSR count). The van der Waals surface area contributed by atoms with Crippen LogP contribution in [0.1, 0.15) is 11.1 Å². The first kappa shape index (κ1) is 17.1. The molecular weight excluding hydrogens is 331 g/mol. The van der Waals surface area contributed by atoms with E-state index in [0.29, 0.717) is 22.6 Å². The van der Waals surface area contributed by atoms with E-state index in [1.54, 1.807) is 48.5 Å². The lowest BCUT2D eigenvalue weighted by Crippen LogP contribution is -2.15. The lowest BCUT2D eigenvalue weighted by atomic mass is 10.1. The normalized spacial score (nSPS) is 10.0. The van der Waals surface area contributed by atoms with Gasteiger partial charge in [0.25, 0.3) is 0 Å². The van der Waals surface area contributed by atoms with Gasteiger partial charge in [-0.2, -0.15) is 5.26 Å². The van der Waals surface area contributed by atoms with E-state index in [0.717, 1.165) is 5.69 Å². The maximum Gasteiger partial charge on any atom is 0.228 e. The zero-order valence-corrected chi connectivity index (χ0v) is 13.7. The van der Waals surface area contributed by atoms with Crippen LogP contribution in [0.2, 0.25) is 0 Å². The number of nitrogens with one attached hydrogen (secondary N) is 2. The van der Waals surface area contributed by atoms with E-state index in [9.17, 15) is 9.18 Å². The highest BCUT2D eigenvalue weighted by molar-refractivity contribution is 5.92. The van der Waals surface area contributed by atoms with Crippen molar-refractivity contribution in [2.45, 2.75) is 6.42 Å².